The van der Waals surface area contributed by atoms with Gasteiger partial charge in [0.05, 0.1) is 33.5 Å². The lowest BCUT2D eigenvalue weighted by atomic mass is 9.85. The van der Waals surface area contributed by atoms with Gasteiger partial charge >= 0.3 is 0 Å². The Bertz CT molecular complexity index is 3730. The lowest BCUT2D eigenvalue weighted by Gasteiger charge is -2.21. The first-order valence-electron chi connectivity index (χ1n) is 22.2. The fourth-order valence-electron chi connectivity index (χ4n) is 9.29. The number of aromatic hydroxyl groups is 2. The molecule has 0 spiro atoms. The Kier molecular flexibility index (Phi) is 9.16. The minimum absolute atomic E-state index is 0.101. The Balaban J connectivity index is 1.44. The van der Waals surface area contributed by atoms with Crippen LogP contribution in [0.4, 0.5) is 0 Å². The number of hydrogen-bond donors (Lipinski definition) is 3. The predicted octanol–water partition coefficient (Wildman–Crippen LogP) is 15.3. The fourth-order valence-corrected chi connectivity index (χ4v) is 9.29. The number of aromatic nitrogens is 4. The molecule has 4 aromatic heterocycles. The molecule has 10 aromatic rings. The second-order valence-electron chi connectivity index (χ2n) is 19.3. The average molecular weight is 845 g/mol. The Labute approximate surface area is 377 Å². The summed E-state index contributed by atoms with van der Waals surface area (Å²) < 4.78 is 0. The van der Waals surface area contributed by atoms with Crippen molar-refractivity contribution in [2.45, 2.75) is 52.4 Å². The summed E-state index contributed by atoms with van der Waals surface area (Å²) in [6.07, 6.45) is 4.01. The molecule has 6 aromatic carbocycles. The van der Waals surface area contributed by atoms with Gasteiger partial charge in [-0.25, -0.2) is 15.0 Å². The van der Waals surface area contributed by atoms with Crippen molar-refractivity contribution in [3.63, 3.8) is 0 Å². The number of hydrogen-bond acceptors (Lipinski definition) is 5. The Hall–Kier alpha value is -7.83. The van der Waals surface area contributed by atoms with Crippen LogP contribution in [0.3, 0.4) is 0 Å². The van der Waals surface area contributed by atoms with E-state index in [0.29, 0.717) is 49.3 Å². The first kappa shape index (κ1) is 40.0. The van der Waals surface area contributed by atoms with Crippen LogP contribution in [0.15, 0.2) is 152 Å². The molecule has 6 nitrogen and oxygen atoms in total. The summed E-state index contributed by atoms with van der Waals surface area (Å²) in [5.74, 6) is 0.226. The number of nitrogens with one attached hydrogen (secondary N) is 1. The third-order valence-corrected chi connectivity index (χ3v) is 12.9. The van der Waals surface area contributed by atoms with Crippen molar-refractivity contribution in [3.8, 4) is 44.9 Å². The van der Waals surface area contributed by atoms with Gasteiger partial charge in [-0.2, -0.15) is 0 Å². The average Bonchev–Trinajstić information content (AvgIpc) is 3.99. The highest BCUT2D eigenvalue weighted by molar-refractivity contribution is 6.16. The molecule has 0 fully saturated rings. The van der Waals surface area contributed by atoms with Crippen LogP contribution in [0.25, 0.3) is 111 Å². The first-order valence-corrected chi connectivity index (χ1v) is 22.2. The zero-order valence-electron chi connectivity index (χ0n) is 37.3. The maximum atomic E-state index is 12.7. The summed E-state index contributed by atoms with van der Waals surface area (Å²) in [5.41, 5.74) is 13.0. The summed E-state index contributed by atoms with van der Waals surface area (Å²) in [5, 5.41) is 29.7. The standard InChI is InChI=1S/C59H48N4O2/c1-58(2,3)37-28-43-47-24-26-49(60-47)53(36-20-14-9-15-21-36)50-27-25-48(61-50)44-29-38(59(4,5)6)31-46(57(44)65)52-33-42(35-18-12-8-13-19-35)40-23-22-39-41(34-16-10-7-11-17-34)32-51(45(30-37)56(43)64)62-54(39)55(40)63-52/h7-33,60,64-65H,1-6H3. The molecule has 0 unspecified atom stereocenters. The number of nitrogens with zero attached hydrogens (tertiary/aromatic N) is 3. The molecule has 12 bridgehead atoms. The van der Waals surface area contributed by atoms with Crippen molar-refractivity contribution in [1.29, 1.82) is 0 Å². The van der Waals surface area contributed by atoms with Crippen LogP contribution in [-0.2, 0) is 10.8 Å². The van der Waals surface area contributed by atoms with Gasteiger partial charge in [-0.1, -0.05) is 145 Å². The van der Waals surface area contributed by atoms with Gasteiger partial charge in [-0.15, -0.1) is 0 Å². The highest BCUT2D eigenvalue weighted by atomic mass is 16.3. The molecular formula is C59H48N4O2. The van der Waals surface area contributed by atoms with E-state index in [1.165, 1.54) is 0 Å². The molecule has 1 aliphatic heterocycles. The van der Waals surface area contributed by atoms with E-state index < -0.39 is 0 Å². The third kappa shape index (κ3) is 6.85. The zero-order chi connectivity index (χ0) is 44.8. The first-order chi connectivity index (χ1) is 31.3. The normalized spacial score (nSPS) is 12.5. The molecule has 0 saturated heterocycles. The van der Waals surface area contributed by atoms with Gasteiger partial charge in [0.15, 0.2) is 0 Å². The molecule has 0 radical (unpaired) electrons. The molecule has 3 N–H and O–H groups in total. The molecule has 6 heteroatoms. The van der Waals surface area contributed by atoms with Crippen molar-refractivity contribution < 1.29 is 10.2 Å². The van der Waals surface area contributed by atoms with Crippen LogP contribution >= 0.6 is 0 Å². The SMILES string of the molecule is CC(C)(C)c1cc2c3nc(c(-c4ccccc4)c4ccc([nH]4)c4cc(C(C)(C)C)cc(c4O)c4cc(-c5ccccc5)c5ccc6c(-c7ccccc7)cc(nc6c5n4)c(c1)c2O)C=C3. The zero-order valence-corrected chi connectivity index (χ0v) is 37.3. The molecular weight excluding hydrogens is 797 g/mol. The minimum atomic E-state index is -0.279. The number of aromatic amines is 1. The second kappa shape index (κ2) is 14.9. The van der Waals surface area contributed by atoms with Crippen LogP contribution in [0, 0.1) is 0 Å². The van der Waals surface area contributed by atoms with Crippen LogP contribution in [0.2, 0.25) is 0 Å². The van der Waals surface area contributed by atoms with Gasteiger partial charge in [-0.3, -0.25) is 0 Å². The second-order valence-corrected chi connectivity index (χ2v) is 19.3. The number of phenols is 2. The van der Waals surface area contributed by atoms with E-state index >= 15 is 0 Å². The number of rotatable bonds is 3. The number of pyridine rings is 2. The van der Waals surface area contributed by atoms with E-state index in [1.54, 1.807) is 0 Å². The summed E-state index contributed by atoms with van der Waals surface area (Å²) >= 11 is 0. The molecule has 65 heavy (non-hydrogen) atoms. The van der Waals surface area contributed by atoms with E-state index in [1.807, 2.05) is 72.8 Å². The van der Waals surface area contributed by atoms with E-state index in [2.05, 4.69) is 138 Å². The Morgan fingerprint density at radius 1 is 0.400 bits per heavy atom. The molecule has 5 heterocycles. The minimum Gasteiger partial charge on any atom is -0.507 e. The number of benzene rings is 6. The number of H-pyrrole nitrogens is 1. The monoisotopic (exact) mass is 844 g/mol. The van der Waals surface area contributed by atoms with Crippen LogP contribution < -0.4 is 0 Å². The van der Waals surface area contributed by atoms with Crippen molar-refractivity contribution in [2.24, 2.45) is 0 Å². The lowest BCUT2D eigenvalue weighted by molar-refractivity contribution is 0.486. The maximum absolute atomic E-state index is 12.7. The molecule has 0 amide bonds. The topological polar surface area (TPSA) is 94.9 Å². The summed E-state index contributed by atoms with van der Waals surface area (Å²) in [4.78, 5) is 20.1. The molecule has 1 aliphatic rings. The van der Waals surface area contributed by atoms with E-state index in [0.717, 1.165) is 72.0 Å². The maximum Gasteiger partial charge on any atom is 0.134 e. The molecule has 11 rings (SSSR count). The quantitative estimate of drug-likeness (QED) is 0.154. The third-order valence-electron chi connectivity index (χ3n) is 12.9. The highest BCUT2D eigenvalue weighted by Gasteiger charge is 2.23. The number of fused-ring (bicyclic) bond motifs is 14. The van der Waals surface area contributed by atoms with Crippen LogP contribution in [-0.4, -0.2) is 30.1 Å². The predicted molar refractivity (Wildman–Crippen MR) is 272 cm³/mol. The van der Waals surface area contributed by atoms with Gasteiger partial charge in [0.25, 0.3) is 0 Å². The molecule has 0 saturated carbocycles. The largest absolute Gasteiger partial charge is 0.507 e. The van der Waals surface area contributed by atoms with Gasteiger partial charge in [0.2, 0.25) is 0 Å². The molecule has 316 valence electrons. The van der Waals surface area contributed by atoms with Crippen molar-refractivity contribution in [2.75, 3.05) is 0 Å². The summed E-state index contributed by atoms with van der Waals surface area (Å²) in [7, 11) is 0. The van der Waals surface area contributed by atoms with Crippen LogP contribution in [0.1, 0.15) is 64.1 Å². The van der Waals surface area contributed by atoms with Crippen LogP contribution in [0.5, 0.6) is 11.5 Å². The Morgan fingerprint density at radius 3 is 1.34 bits per heavy atom. The van der Waals surface area contributed by atoms with E-state index in [4.69, 9.17) is 15.0 Å². The van der Waals surface area contributed by atoms with Crippen molar-refractivity contribution in [1.82, 2.24) is 19.9 Å². The summed E-state index contributed by atoms with van der Waals surface area (Å²) in [6.45, 7) is 13.1. The Morgan fingerprint density at radius 2 is 0.831 bits per heavy atom. The van der Waals surface area contributed by atoms with Crippen molar-refractivity contribution >= 4 is 77.6 Å². The fraction of sp³-hybridized carbons (Fsp3) is 0.136. The van der Waals surface area contributed by atoms with Gasteiger partial charge < -0.3 is 15.2 Å². The smallest absolute Gasteiger partial charge is 0.134 e. The molecule has 0 atom stereocenters. The summed E-state index contributed by atoms with van der Waals surface area (Å²) in [6, 6.07) is 51.8. The van der Waals surface area contributed by atoms with Gasteiger partial charge in [0.1, 0.15) is 11.5 Å². The van der Waals surface area contributed by atoms with Gasteiger partial charge in [0, 0.05) is 48.9 Å². The van der Waals surface area contributed by atoms with Crippen molar-refractivity contribution in [3.05, 3.63) is 174 Å². The lowest BCUT2D eigenvalue weighted by Crippen LogP contribution is -2.10. The van der Waals surface area contributed by atoms with E-state index in [9.17, 15) is 10.2 Å². The molecule has 0 aliphatic carbocycles. The highest BCUT2D eigenvalue weighted by Crippen LogP contribution is 2.43. The number of phenolic OH excluding ortho intramolecular Hbond substituents is 2. The van der Waals surface area contributed by atoms with E-state index in [-0.39, 0.29) is 22.3 Å². The van der Waals surface area contributed by atoms with Gasteiger partial charge in [-0.05, 0) is 110 Å².